The minimum absolute atomic E-state index is 0.653. The summed E-state index contributed by atoms with van der Waals surface area (Å²) < 4.78 is 5.37. The number of benzene rings is 1. The number of anilines is 2. The summed E-state index contributed by atoms with van der Waals surface area (Å²) in [7, 11) is 0. The normalized spacial score (nSPS) is 16.6. The number of rotatable bonds is 3. The van der Waals surface area contributed by atoms with Gasteiger partial charge in [0.05, 0.1) is 5.52 Å². The van der Waals surface area contributed by atoms with Gasteiger partial charge < -0.3 is 15.8 Å². The van der Waals surface area contributed by atoms with Gasteiger partial charge in [0.2, 0.25) is 0 Å². The van der Waals surface area contributed by atoms with Gasteiger partial charge in [-0.15, -0.1) is 0 Å². The molecule has 0 radical (unpaired) electrons. The van der Waals surface area contributed by atoms with Gasteiger partial charge in [-0.2, -0.15) is 0 Å². The SMILES string of the molecule is Nc1ccc2ncnc(NCC3CCOCC3)c2c1. The third-order valence-corrected chi connectivity index (χ3v) is 3.56. The van der Waals surface area contributed by atoms with E-state index in [4.69, 9.17) is 10.5 Å². The first-order valence-corrected chi connectivity index (χ1v) is 6.65. The minimum atomic E-state index is 0.653. The fourth-order valence-electron chi connectivity index (χ4n) is 2.41. The van der Waals surface area contributed by atoms with E-state index in [0.29, 0.717) is 5.92 Å². The van der Waals surface area contributed by atoms with Gasteiger partial charge in [0.15, 0.2) is 0 Å². The minimum Gasteiger partial charge on any atom is -0.399 e. The Hall–Kier alpha value is -1.88. The lowest BCUT2D eigenvalue weighted by Gasteiger charge is -2.22. The molecule has 0 saturated carbocycles. The largest absolute Gasteiger partial charge is 0.399 e. The van der Waals surface area contributed by atoms with Crippen LogP contribution < -0.4 is 11.1 Å². The van der Waals surface area contributed by atoms with E-state index in [1.165, 1.54) is 0 Å². The molecule has 3 N–H and O–H groups in total. The number of hydrogen-bond acceptors (Lipinski definition) is 5. The first kappa shape index (κ1) is 12.2. The molecule has 0 spiro atoms. The Morgan fingerprint density at radius 2 is 2.11 bits per heavy atom. The summed E-state index contributed by atoms with van der Waals surface area (Å²) >= 11 is 0. The molecule has 0 atom stereocenters. The molecule has 1 fully saturated rings. The molecule has 2 aromatic rings. The second-order valence-corrected chi connectivity index (χ2v) is 4.94. The van der Waals surface area contributed by atoms with Crippen molar-refractivity contribution in [1.29, 1.82) is 0 Å². The number of fused-ring (bicyclic) bond motifs is 1. The molecule has 100 valence electrons. The standard InChI is InChI=1S/C14H18N4O/c15-11-1-2-13-12(7-11)14(18-9-17-13)16-8-10-3-5-19-6-4-10/h1-2,7,9-10H,3-6,8,15H2,(H,16,17,18). The van der Waals surface area contributed by atoms with E-state index in [1.54, 1.807) is 6.33 Å². The Morgan fingerprint density at radius 3 is 2.95 bits per heavy atom. The Morgan fingerprint density at radius 1 is 1.26 bits per heavy atom. The molecule has 2 heterocycles. The molecule has 1 aromatic heterocycles. The van der Waals surface area contributed by atoms with Crippen LogP contribution in [0.25, 0.3) is 10.9 Å². The molecule has 19 heavy (non-hydrogen) atoms. The zero-order valence-electron chi connectivity index (χ0n) is 10.8. The molecule has 1 aliphatic rings. The van der Waals surface area contributed by atoms with Crippen LogP contribution in [0, 0.1) is 5.92 Å². The van der Waals surface area contributed by atoms with Crippen molar-refractivity contribution in [3.8, 4) is 0 Å². The second kappa shape index (κ2) is 5.40. The summed E-state index contributed by atoms with van der Waals surface area (Å²) in [5.74, 6) is 1.52. The highest BCUT2D eigenvalue weighted by Gasteiger charge is 2.14. The van der Waals surface area contributed by atoms with Gasteiger partial charge in [-0.25, -0.2) is 9.97 Å². The summed E-state index contributed by atoms with van der Waals surface area (Å²) in [5, 5.41) is 4.40. The van der Waals surface area contributed by atoms with Crippen LogP contribution in [0.5, 0.6) is 0 Å². The van der Waals surface area contributed by atoms with E-state index in [1.807, 2.05) is 18.2 Å². The maximum Gasteiger partial charge on any atom is 0.137 e. The third-order valence-electron chi connectivity index (χ3n) is 3.56. The molecule has 3 rings (SSSR count). The average Bonchev–Trinajstić information content (AvgIpc) is 2.46. The van der Waals surface area contributed by atoms with Gasteiger partial charge in [-0.05, 0) is 37.0 Å². The topological polar surface area (TPSA) is 73.1 Å². The fraction of sp³-hybridized carbons (Fsp3) is 0.429. The summed E-state index contributed by atoms with van der Waals surface area (Å²) in [6.07, 6.45) is 3.81. The van der Waals surface area contributed by atoms with Crippen LogP contribution in [0.1, 0.15) is 12.8 Å². The van der Waals surface area contributed by atoms with E-state index in [2.05, 4.69) is 15.3 Å². The number of nitrogen functional groups attached to an aromatic ring is 1. The highest BCUT2D eigenvalue weighted by Crippen LogP contribution is 2.23. The Bertz CT molecular complexity index is 566. The smallest absolute Gasteiger partial charge is 0.137 e. The molecule has 0 unspecified atom stereocenters. The van der Waals surface area contributed by atoms with Gasteiger partial charge in [-0.3, -0.25) is 0 Å². The van der Waals surface area contributed by atoms with Crippen molar-refractivity contribution in [2.75, 3.05) is 30.8 Å². The summed E-state index contributed by atoms with van der Waals surface area (Å²) in [6.45, 7) is 2.65. The molecular weight excluding hydrogens is 240 g/mol. The van der Waals surface area contributed by atoms with E-state index in [-0.39, 0.29) is 0 Å². The number of nitrogens with zero attached hydrogens (tertiary/aromatic N) is 2. The maximum absolute atomic E-state index is 5.83. The van der Waals surface area contributed by atoms with Crippen LogP contribution in [-0.4, -0.2) is 29.7 Å². The Labute approximate surface area is 112 Å². The van der Waals surface area contributed by atoms with E-state index in [9.17, 15) is 0 Å². The number of aromatic nitrogens is 2. The van der Waals surface area contributed by atoms with Crippen molar-refractivity contribution < 1.29 is 4.74 Å². The second-order valence-electron chi connectivity index (χ2n) is 4.94. The van der Waals surface area contributed by atoms with Gasteiger partial charge in [-0.1, -0.05) is 0 Å². The van der Waals surface area contributed by atoms with Crippen molar-refractivity contribution in [3.05, 3.63) is 24.5 Å². The maximum atomic E-state index is 5.83. The van der Waals surface area contributed by atoms with Gasteiger partial charge in [0.25, 0.3) is 0 Å². The van der Waals surface area contributed by atoms with Crippen molar-refractivity contribution in [1.82, 2.24) is 9.97 Å². The van der Waals surface area contributed by atoms with Crippen LogP contribution in [0.15, 0.2) is 24.5 Å². The molecule has 5 heteroatoms. The summed E-state index contributed by atoms with van der Waals surface area (Å²) in [4.78, 5) is 8.57. The molecule has 0 amide bonds. The lowest BCUT2D eigenvalue weighted by Crippen LogP contribution is -2.23. The molecule has 0 aliphatic carbocycles. The highest BCUT2D eigenvalue weighted by atomic mass is 16.5. The van der Waals surface area contributed by atoms with E-state index >= 15 is 0 Å². The third kappa shape index (κ3) is 2.76. The van der Waals surface area contributed by atoms with E-state index in [0.717, 1.165) is 55.0 Å². The fourth-order valence-corrected chi connectivity index (χ4v) is 2.41. The van der Waals surface area contributed by atoms with E-state index < -0.39 is 0 Å². The van der Waals surface area contributed by atoms with Gasteiger partial charge in [0.1, 0.15) is 12.1 Å². The molecule has 1 aliphatic heterocycles. The number of nitrogens with one attached hydrogen (secondary N) is 1. The van der Waals surface area contributed by atoms with Crippen molar-refractivity contribution >= 4 is 22.4 Å². The monoisotopic (exact) mass is 258 g/mol. The quantitative estimate of drug-likeness (QED) is 0.824. The Balaban J connectivity index is 1.78. The first-order chi connectivity index (χ1) is 9.33. The first-order valence-electron chi connectivity index (χ1n) is 6.65. The highest BCUT2D eigenvalue weighted by molar-refractivity contribution is 5.91. The number of ether oxygens (including phenoxy) is 1. The van der Waals surface area contributed by atoms with Crippen LogP contribution in [0.3, 0.4) is 0 Å². The summed E-state index contributed by atoms with van der Waals surface area (Å²) in [5.41, 5.74) is 7.48. The predicted octanol–water partition coefficient (Wildman–Crippen LogP) is 2.05. The van der Waals surface area contributed by atoms with Crippen LogP contribution in [0.4, 0.5) is 11.5 Å². The van der Waals surface area contributed by atoms with Crippen molar-refractivity contribution in [3.63, 3.8) is 0 Å². The van der Waals surface area contributed by atoms with Gasteiger partial charge >= 0.3 is 0 Å². The lowest BCUT2D eigenvalue weighted by molar-refractivity contribution is 0.0699. The lowest BCUT2D eigenvalue weighted by atomic mass is 10.0. The molecule has 0 bridgehead atoms. The zero-order valence-corrected chi connectivity index (χ0v) is 10.8. The van der Waals surface area contributed by atoms with Gasteiger partial charge in [0, 0.05) is 30.8 Å². The molecular formula is C14H18N4O. The van der Waals surface area contributed by atoms with Crippen LogP contribution in [-0.2, 0) is 4.74 Å². The van der Waals surface area contributed by atoms with Crippen LogP contribution in [0.2, 0.25) is 0 Å². The summed E-state index contributed by atoms with van der Waals surface area (Å²) in [6, 6.07) is 5.70. The van der Waals surface area contributed by atoms with Crippen molar-refractivity contribution in [2.24, 2.45) is 5.92 Å². The predicted molar refractivity (Wildman–Crippen MR) is 76.0 cm³/mol. The Kier molecular flexibility index (Phi) is 3.46. The molecule has 1 saturated heterocycles. The number of nitrogens with two attached hydrogens (primary N) is 1. The zero-order chi connectivity index (χ0) is 13.1. The van der Waals surface area contributed by atoms with Crippen molar-refractivity contribution in [2.45, 2.75) is 12.8 Å². The average molecular weight is 258 g/mol. The van der Waals surface area contributed by atoms with Crippen LogP contribution >= 0.6 is 0 Å². The molecule has 1 aromatic carbocycles. The number of hydrogen-bond donors (Lipinski definition) is 2. The molecule has 5 nitrogen and oxygen atoms in total.